The third-order valence-electron chi connectivity index (χ3n) is 2.78. The Morgan fingerprint density at radius 2 is 2.24 bits per heavy atom. The Morgan fingerprint density at radius 1 is 1.59 bits per heavy atom. The van der Waals surface area contributed by atoms with Crippen molar-refractivity contribution in [2.75, 3.05) is 38.8 Å². The third kappa shape index (κ3) is 4.56. The molecule has 0 aliphatic carbocycles. The van der Waals surface area contributed by atoms with Crippen LogP contribution in [0.3, 0.4) is 0 Å². The van der Waals surface area contributed by atoms with Gasteiger partial charge in [-0.15, -0.1) is 0 Å². The lowest BCUT2D eigenvalue weighted by atomic mass is 10.1. The Balaban J connectivity index is 2.47. The molecule has 0 aromatic carbocycles. The fraction of sp³-hybridized carbons (Fsp3) is 0.900. The van der Waals surface area contributed by atoms with Crippen molar-refractivity contribution < 1.29 is 17.9 Å². The molecule has 0 aromatic rings. The molecule has 2 unspecified atom stereocenters. The van der Waals surface area contributed by atoms with Gasteiger partial charge in [-0.2, -0.15) is 0 Å². The summed E-state index contributed by atoms with van der Waals surface area (Å²) in [4.78, 5) is 13.6. The monoisotopic (exact) mass is 327 g/mol. The minimum Gasteiger partial charge on any atom is -0.383 e. The van der Waals surface area contributed by atoms with Crippen molar-refractivity contribution in [2.24, 2.45) is 5.92 Å². The Hall–Kier alpha value is -0.140. The summed E-state index contributed by atoms with van der Waals surface area (Å²) in [6, 6.07) is 0. The van der Waals surface area contributed by atoms with Crippen molar-refractivity contribution in [1.29, 1.82) is 0 Å². The van der Waals surface area contributed by atoms with Gasteiger partial charge in [0, 0.05) is 20.7 Å². The zero-order chi connectivity index (χ0) is 13.1. The number of alkyl halides is 1. The Labute approximate surface area is 111 Å². The Bertz CT molecular complexity index is 371. The normalized spacial score (nSPS) is 24.5. The highest BCUT2D eigenvalue weighted by atomic mass is 79.9. The van der Waals surface area contributed by atoms with Gasteiger partial charge < -0.3 is 9.64 Å². The first-order valence-corrected chi connectivity index (χ1v) is 8.18. The number of carbonyl (C=O) groups is 1. The van der Waals surface area contributed by atoms with Crippen LogP contribution in [0.25, 0.3) is 0 Å². The molecule has 1 aliphatic heterocycles. The van der Waals surface area contributed by atoms with Gasteiger partial charge in [0.25, 0.3) is 0 Å². The first-order chi connectivity index (χ1) is 7.85. The molecule has 0 bridgehead atoms. The zero-order valence-electron chi connectivity index (χ0n) is 10.1. The van der Waals surface area contributed by atoms with E-state index in [1.54, 1.807) is 19.1 Å². The largest absolute Gasteiger partial charge is 0.383 e. The standard InChI is InChI=1S/C10H18BrNO4S/c1-12(5-9(11)6-16-2)10(13)8-3-4-17(14,15)7-8/h8-9H,3-7H2,1-2H3. The van der Waals surface area contributed by atoms with Gasteiger partial charge in [0.05, 0.1) is 28.9 Å². The summed E-state index contributed by atoms with van der Waals surface area (Å²) in [6.07, 6.45) is 0.447. The van der Waals surface area contributed by atoms with Gasteiger partial charge in [-0.1, -0.05) is 15.9 Å². The highest BCUT2D eigenvalue weighted by molar-refractivity contribution is 9.09. The molecule has 0 saturated carbocycles. The third-order valence-corrected chi connectivity index (χ3v) is 5.10. The number of carbonyl (C=O) groups excluding carboxylic acids is 1. The SMILES string of the molecule is COCC(Br)CN(C)C(=O)C1CCS(=O)(=O)C1. The van der Waals surface area contributed by atoms with Crippen LogP contribution in [0.5, 0.6) is 0 Å². The van der Waals surface area contributed by atoms with E-state index < -0.39 is 9.84 Å². The lowest BCUT2D eigenvalue weighted by molar-refractivity contribution is -0.133. The first kappa shape index (κ1) is 14.9. The predicted molar refractivity (Wildman–Crippen MR) is 69.0 cm³/mol. The number of hydrogen-bond acceptors (Lipinski definition) is 4. The maximum Gasteiger partial charge on any atom is 0.226 e. The predicted octanol–water partition coefficient (Wildman–Crippen LogP) is 0.289. The van der Waals surface area contributed by atoms with Crippen LogP contribution in [0.15, 0.2) is 0 Å². The van der Waals surface area contributed by atoms with Gasteiger partial charge in [-0.05, 0) is 6.42 Å². The average molecular weight is 328 g/mol. The second kappa shape index (κ2) is 6.15. The number of sulfone groups is 1. The molecule has 1 amide bonds. The number of methoxy groups -OCH3 is 1. The summed E-state index contributed by atoms with van der Waals surface area (Å²) in [6.45, 7) is 1.03. The molecule has 0 N–H and O–H groups in total. The van der Waals surface area contributed by atoms with Crippen LogP contribution in [-0.4, -0.2) is 62.9 Å². The topological polar surface area (TPSA) is 63.7 Å². The van der Waals surface area contributed by atoms with Crippen LogP contribution >= 0.6 is 15.9 Å². The van der Waals surface area contributed by atoms with Crippen LogP contribution in [0.4, 0.5) is 0 Å². The van der Waals surface area contributed by atoms with Gasteiger partial charge >= 0.3 is 0 Å². The first-order valence-electron chi connectivity index (χ1n) is 5.44. The van der Waals surface area contributed by atoms with E-state index in [-0.39, 0.29) is 28.2 Å². The van der Waals surface area contributed by atoms with Gasteiger partial charge in [0.15, 0.2) is 9.84 Å². The molecule has 5 nitrogen and oxygen atoms in total. The number of amides is 1. The van der Waals surface area contributed by atoms with Crippen molar-refractivity contribution >= 4 is 31.7 Å². The van der Waals surface area contributed by atoms with E-state index in [2.05, 4.69) is 15.9 Å². The molecule has 100 valence electrons. The molecule has 0 aromatic heterocycles. The number of hydrogen-bond donors (Lipinski definition) is 0. The fourth-order valence-corrected chi connectivity index (χ4v) is 4.35. The van der Waals surface area contributed by atoms with E-state index in [0.29, 0.717) is 19.6 Å². The quantitative estimate of drug-likeness (QED) is 0.681. The molecular formula is C10H18BrNO4S. The molecule has 1 heterocycles. The fourth-order valence-electron chi connectivity index (χ4n) is 1.92. The van der Waals surface area contributed by atoms with Gasteiger partial charge in [-0.3, -0.25) is 4.79 Å². The molecule has 2 atom stereocenters. The molecule has 1 rings (SSSR count). The molecule has 1 saturated heterocycles. The summed E-state index contributed by atoms with van der Waals surface area (Å²) in [5.41, 5.74) is 0. The maximum atomic E-state index is 12.0. The lowest BCUT2D eigenvalue weighted by Gasteiger charge is -2.22. The smallest absolute Gasteiger partial charge is 0.226 e. The number of halogens is 1. The van der Waals surface area contributed by atoms with Crippen molar-refractivity contribution in [3.63, 3.8) is 0 Å². The summed E-state index contributed by atoms with van der Waals surface area (Å²) in [7, 11) is 0.292. The van der Waals surface area contributed by atoms with Gasteiger partial charge in [0.2, 0.25) is 5.91 Å². The van der Waals surface area contributed by atoms with Crippen LogP contribution in [0.2, 0.25) is 0 Å². The molecule has 17 heavy (non-hydrogen) atoms. The zero-order valence-corrected chi connectivity index (χ0v) is 12.5. The minimum atomic E-state index is -3.00. The van der Waals surface area contributed by atoms with E-state index in [9.17, 15) is 13.2 Å². The number of ether oxygens (including phenoxy) is 1. The lowest BCUT2D eigenvalue weighted by Crippen LogP contribution is -2.38. The van der Waals surface area contributed by atoms with Crippen LogP contribution < -0.4 is 0 Å². The van der Waals surface area contributed by atoms with E-state index in [0.717, 1.165) is 0 Å². The summed E-state index contributed by atoms with van der Waals surface area (Å²) < 4.78 is 27.5. The molecule has 1 aliphatic rings. The minimum absolute atomic E-state index is 0.00654. The highest BCUT2D eigenvalue weighted by Gasteiger charge is 2.34. The van der Waals surface area contributed by atoms with E-state index >= 15 is 0 Å². The molecular weight excluding hydrogens is 310 g/mol. The van der Waals surface area contributed by atoms with E-state index in [4.69, 9.17) is 4.74 Å². The summed E-state index contributed by atoms with van der Waals surface area (Å²) in [5.74, 6) is -0.334. The molecule has 0 spiro atoms. The van der Waals surface area contributed by atoms with E-state index in [1.807, 2.05) is 0 Å². The molecule has 0 radical (unpaired) electrons. The van der Waals surface area contributed by atoms with Gasteiger partial charge in [-0.25, -0.2) is 8.42 Å². The Morgan fingerprint density at radius 3 is 2.71 bits per heavy atom. The van der Waals surface area contributed by atoms with Crippen molar-refractivity contribution in [3.8, 4) is 0 Å². The van der Waals surface area contributed by atoms with Crippen LogP contribution in [0.1, 0.15) is 6.42 Å². The second-order valence-corrected chi connectivity index (χ2v) is 7.90. The summed E-state index contributed by atoms with van der Waals surface area (Å²) in [5, 5.41) is 0. The van der Waals surface area contributed by atoms with Crippen molar-refractivity contribution in [1.82, 2.24) is 4.90 Å². The molecule has 1 fully saturated rings. The molecule has 7 heteroatoms. The average Bonchev–Trinajstić information content (AvgIpc) is 2.58. The van der Waals surface area contributed by atoms with Gasteiger partial charge in [0.1, 0.15) is 0 Å². The van der Waals surface area contributed by atoms with Crippen LogP contribution in [-0.2, 0) is 19.4 Å². The van der Waals surface area contributed by atoms with Crippen molar-refractivity contribution in [3.05, 3.63) is 0 Å². The van der Waals surface area contributed by atoms with Crippen LogP contribution in [0, 0.1) is 5.92 Å². The summed E-state index contributed by atoms with van der Waals surface area (Å²) >= 11 is 3.40. The van der Waals surface area contributed by atoms with E-state index in [1.165, 1.54) is 0 Å². The highest BCUT2D eigenvalue weighted by Crippen LogP contribution is 2.20. The maximum absolute atomic E-state index is 12.0. The second-order valence-electron chi connectivity index (χ2n) is 4.37. The Kier molecular flexibility index (Phi) is 5.40. The number of rotatable bonds is 5. The van der Waals surface area contributed by atoms with Crippen molar-refractivity contribution in [2.45, 2.75) is 11.2 Å². The number of nitrogens with zero attached hydrogens (tertiary/aromatic N) is 1.